The Balaban J connectivity index is 2.03. The summed E-state index contributed by atoms with van der Waals surface area (Å²) in [5, 5.41) is 4.15. The molecule has 6 heteroatoms. The predicted molar refractivity (Wildman–Crippen MR) is 97.0 cm³/mol. The van der Waals surface area contributed by atoms with Gasteiger partial charge >= 0.3 is 0 Å². The van der Waals surface area contributed by atoms with E-state index in [2.05, 4.69) is 55.4 Å². The van der Waals surface area contributed by atoms with Crippen molar-refractivity contribution in [2.45, 2.75) is 52.6 Å². The maximum Gasteiger partial charge on any atom is 0.262 e. The van der Waals surface area contributed by atoms with Crippen LogP contribution in [0.15, 0.2) is 17.2 Å². The zero-order valence-electron chi connectivity index (χ0n) is 15.1. The second kappa shape index (κ2) is 6.34. The minimum Gasteiger partial charge on any atom is -0.483 e. The largest absolute Gasteiger partial charge is 0.483 e. The van der Waals surface area contributed by atoms with Crippen LogP contribution < -0.4 is 20.0 Å². The van der Waals surface area contributed by atoms with Gasteiger partial charge in [-0.05, 0) is 44.9 Å². The van der Waals surface area contributed by atoms with E-state index >= 15 is 0 Å². The first kappa shape index (κ1) is 16.6. The average Bonchev–Trinajstić information content (AvgIpc) is 2.56. The van der Waals surface area contributed by atoms with Crippen LogP contribution in [0.3, 0.4) is 0 Å². The van der Waals surface area contributed by atoms with Gasteiger partial charge in [0.05, 0.1) is 5.69 Å². The van der Waals surface area contributed by atoms with Gasteiger partial charge in [-0.25, -0.2) is 5.43 Å². The highest BCUT2D eigenvalue weighted by Gasteiger charge is 2.35. The van der Waals surface area contributed by atoms with E-state index in [9.17, 15) is 4.79 Å². The van der Waals surface area contributed by atoms with Crippen LogP contribution in [0.25, 0.3) is 0 Å². The third kappa shape index (κ3) is 2.70. The number of nitrogens with one attached hydrogen (secondary N) is 1. The molecule has 1 amide bonds. The van der Waals surface area contributed by atoms with Crippen LogP contribution in [0, 0.1) is 6.92 Å². The van der Waals surface area contributed by atoms with Gasteiger partial charge in [0.25, 0.3) is 5.91 Å². The van der Waals surface area contributed by atoms with Gasteiger partial charge in [0.2, 0.25) is 0 Å². The molecule has 0 saturated heterocycles. The highest BCUT2D eigenvalue weighted by atomic mass is 16.5. The summed E-state index contributed by atoms with van der Waals surface area (Å²) in [5.74, 6) is 1.46. The molecule has 0 saturated carbocycles. The SMILES string of the molecule is CCCC(C)N(C)c1cc2c(cc1C)OCC1=NNC(=O)C(C)N12. The normalized spacial score (nSPS) is 20.4. The fourth-order valence-corrected chi connectivity index (χ4v) is 3.39. The van der Waals surface area contributed by atoms with Gasteiger partial charge in [0, 0.05) is 18.8 Å². The van der Waals surface area contributed by atoms with Gasteiger partial charge in [0.1, 0.15) is 18.4 Å². The molecule has 3 rings (SSSR count). The fourth-order valence-electron chi connectivity index (χ4n) is 3.39. The first-order valence-electron chi connectivity index (χ1n) is 8.60. The molecule has 0 fully saturated rings. The number of hydrazone groups is 1. The first-order valence-corrected chi connectivity index (χ1v) is 8.60. The van der Waals surface area contributed by atoms with E-state index in [1.807, 2.05) is 11.8 Å². The number of anilines is 2. The minimum atomic E-state index is -0.297. The van der Waals surface area contributed by atoms with E-state index in [0.717, 1.165) is 35.8 Å². The van der Waals surface area contributed by atoms with E-state index < -0.39 is 0 Å². The summed E-state index contributed by atoms with van der Waals surface area (Å²) >= 11 is 0. The lowest BCUT2D eigenvalue weighted by atomic mass is 10.1. The Bertz CT molecular complexity index is 686. The number of nitrogens with zero attached hydrogens (tertiary/aromatic N) is 3. The quantitative estimate of drug-likeness (QED) is 0.922. The van der Waals surface area contributed by atoms with Gasteiger partial charge < -0.3 is 14.5 Å². The molecule has 0 aromatic heterocycles. The van der Waals surface area contributed by atoms with E-state index in [1.54, 1.807) is 0 Å². The van der Waals surface area contributed by atoms with Crippen molar-refractivity contribution in [1.29, 1.82) is 0 Å². The summed E-state index contributed by atoms with van der Waals surface area (Å²) < 4.78 is 5.86. The number of amides is 1. The minimum absolute atomic E-state index is 0.0959. The van der Waals surface area contributed by atoms with Crippen molar-refractivity contribution in [3.8, 4) is 5.75 Å². The van der Waals surface area contributed by atoms with Crippen LogP contribution in [-0.2, 0) is 4.79 Å². The molecule has 0 spiro atoms. The number of fused-ring (bicyclic) bond motifs is 3. The van der Waals surface area contributed by atoms with Gasteiger partial charge in [-0.2, -0.15) is 5.10 Å². The molecule has 2 aliphatic rings. The van der Waals surface area contributed by atoms with E-state index in [0.29, 0.717) is 12.6 Å². The van der Waals surface area contributed by atoms with Crippen LogP contribution in [0.2, 0.25) is 0 Å². The maximum absolute atomic E-state index is 12.0. The summed E-state index contributed by atoms with van der Waals surface area (Å²) in [6, 6.07) is 4.34. The second-order valence-electron chi connectivity index (χ2n) is 6.69. The highest BCUT2D eigenvalue weighted by Crippen LogP contribution is 2.40. The van der Waals surface area contributed by atoms with E-state index in [4.69, 9.17) is 4.74 Å². The Kier molecular flexibility index (Phi) is 4.39. The average molecular weight is 330 g/mol. The molecule has 1 aromatic carbocycles. The lowest BCUT2D eigenvalue weighted by molar-refractivity contribution is -0.122. The molecule has 2 unspecified atom stereocenters. The van der Waals surface area contributed by atoms with E-state index in [1.165, 1.54) is 5.56 Å². The zero-order chi connectivity index (χ0) is 17.4. The number of aryl methyl sites for hydroxylation is 1. The Morgan fingerprint density at radius 3 is 2.96 bits per heavy atom. The van der Waals surface area contributed by atoms with Crippen LogP contribution in [0.1, 0.15) is 39.2 Å². The third-order valence-electron chi connectivity index (χ3n) is 4.98. The number of rotatable bonds is 4. The Morgan fingerprint density at radius 1 is 1.50 bits per heavy atom. The van der Waals surface area contributed by atoms with Crippen LogP contribution in [-0.4, -0.2) is 37.5 Å². The van der Waals surface area contributed by atoms with Crippen molar-refractivity contribution in [3.05, 3.63) is 17.7 Å². The number of hydrogen-bond donors (Lipinski definition) is 1. The van der Waals surface area contributed by atoms with Crippen molar-refractivity contribution in [2.24, 2.45) is 5.10 Å². The summed E-state index contributed by atoms with van der Waals surface area (Å²) in [6.45, 7) is 8.81. The van der Waals surface area contributed by atoms with Crippen molar-refractivity contribution in [3.63, 3.8) is 0 Å². The molecule has 0 bridgehead atoms. The second-order valence-corrected chi connectivity index (χ2v) is 6.69. The maximum atomic E-state index is 12.0. The van der Waals surface area contributed by atoms with Gasteiger partial charge in [-0.1, -0.05) is 13.3 Å². The monoisotopic (exact) mass is 330 g/mol. The lowest BCUT2D eigenvalue weighted by Crippen LogP contribution is -2.55. The highest BCUT2D eigenvalue weighted by molar-refractivity contribution is 6.09. The third-order valence-corrected chi connectivity index (χ3v) is 4.98. The number of benzene rings is 1. The summed E-state index contributed by atoms with van der Waals surface area (Å²) in [6.07, 6.45) is 2.29. The molecule has 2 heterocycles. The molecule has 0 radical (unpaired) electrons. The van der Waals surface area contributed by atoms with Gasteiger partial charge in [-0.15, -0.1) is 0 Å². The Labute approximate surface area is 143 Å². The first-order chi connectivity index (χ1) is 11.4. The van der Waals surface area contributed by atoms with Crippen molar-refractivity contribution >= 4 is 23.1 Å². The Hall–Kier alpha value is -2.24. The summed E-state index contributed by atoms with van der Waals surface area (Å²) in [5.41, 5.74) is 5.82. The summed E-state index contributed by atoms with van der Waals surface area (Å²) in [7, 11) is 2.13. The number of hydrogen-bond acceptors (Lipinski definition) is 5. The number of ether oxygens (including phenoxy) is 1. The molecule has 2 aliphatic heterocycles. The molecule has 2 atom stereocenters. The van der Waals surface area contributed by atoms with Crippen LogP contribution in [0.4, 0.5) is 11.4 Å². The number of carbonyl (C=O) groups is 1. The molecule has 130 valence electrons. The number of amidine groups is 1. The molecular formula is C18H26N4O2. The van der Waals surface area contributed by atoms with Crippen LogP contribution in [0.5, 0.6) is 5.75 Å². The van der Waals surface area contributed by atoms with Gasteiger partial charge in [-0.3, -0.25) is 4.79 Å². The Morgan fingerprint density at radius 2 is 2.25 bits per heavy atom. The van der Waals surface area contributed by atoms with Crippen molar-refractivity contribution < 1.29 is 9.53 Å². The molecule has 1 N–H and O–H groups in total. The van der Waals surface area contributed by atoms with Crippen molar-refractivity contribution in [2.75, 3.05) is 23.5 Å². The molecule has 1 aromatic rings. The molecular weight excluding hydrogens is 304 g/mol. The lowest BCUT2D eigenvalue weighted by Gasteiger charge is -2.39. The standard InChI is InChI=1S/C18H26N4O2/c1-6-7-12(3)21(5)14-9-15-16(8-11(14)2)24-10-17-19-20-18(23)13(4)22(15)17/h8-9,12-13H,6-7,10H2,1-5H3,(H,20,23). The summed E-state index contributed by atoms with van der Waals surface area (Å²) in [4.78, 5) is 16.3. The molecule has 24 heavy (non-hydrogen) atoms. The van der Waals surface area contributed by atoms with E-state index in [-0.39, 0.29) is 11.9 Å². The molecule has 6 nitrogen and oxygen atoms in total. The predicted octanol–water partition coefficient (Wildman–Crippen LogP) is 2.65. The van der Waals surface area contributed by atoms with Crippen LogP contribution >= 0.6 is 0 Å². The fraction of sp³-hybridized carbons (Fsp3) is 0.556. The van der Waals surface area contributed by atoms with Crippen molar-refractivity contribution in [1.82, 2.24) is 5.43 Å². The molecule has 0 aliphatic carbocycles. The topological polar surface area (TPSA) is 57.2 Å². The van der Waals surface area contributed by atoms with Gasteiger partial charge in [0.15, 0.2) is 5.84 Å². The smallest absolute Gasteiger partial charge is 0.262 e. The zero-order valence-corrected chi connectivity index (χ0v) is 15.1. The number of carbonyl (C=O) groups excluding carboxylic acids is 1.